The minimum absolute atomic E-state index is 0.149. The van der Waals surface area contributed by atoms with Gasteiger partial charge in [-0.2, -0.15) is 0 Å². The van der Waals surface area contributed by atoms with Crippen molar-refractivity contribution in [1.82, 2.24) is 9.78 Å². The third-order valence-corrected chi connectivity index (χ3v) is 4.81. The lowest BCUT2D eigenvalue weighted by atomic mass is 9.90. The predicted molar refractivity (Wildman–Crippen MR) is 115 cm³/mol. The van der Waals surface area contributed by atoms with Crippen LogP contribution in [0.3, 0.4) is 0 Å². The van der Waals surface area contributed by atoms with Crippen LogP contribution >= 0.6 is 0 Å². The van der Waals surface area contributed by atoms with E-state index in [-0.39, 0.29) is 5.56 Å². The molecule has 1 aromatic heterocycles. The van der Waals surface area contributed by atoms with Crippen LogP contribution in [-0.4, -0.2) is 23.0 Å². The first-order valence-electron chi connectivity index (χ1n) is 10.5. The molecular weight excluding hydrogens is 352 g/mol. The summed E-state index contributed by atoms with van der Waals surface area (Å²) in [6.07, 6.45) is 4.48. The normalized spacial score (nSPS) is 10.9. The molecule has 154 valence electrons. The van der Waals surface area contributed by atoms with Gasteiger partial charge in [0.25, 0.3) is 11.4 Å². The minimum Gasteiger partial charge on any atom is -0.487 e. The Morgan fingerprint density at radius 2 is 1.57 bits per heavy atom. The molecule has 0 N–H and O–H groups in total. The summed E-state index contributed by atoms with van der Waals surface area (Å²) in [5.41, 5.74) is 4.92. The average molecular weight is 387 g/mol. The van der Waals surface area contributed by atoms with Crippen LogP contribution in [0.5, 0.6) is 11.6 Å². The number of benzene rings is 1. The zero-order chi connectivity index (χ0) is 20.7. The van der Waals surface area contributed by atoms with E-state index in [2.05, 4.69) is 44.9 Å². The van der Waals surface area contributed by atoms with Crippen LogP contribution in [0.1, 0.15) is 63.6 Å². The number of aromatic nitrogens is 2. The highest BCUT2D eigenvalue weighted by Crippen LogP contribution is 2.38. The van der Waals surface area contributed by atoms with Crippen molar-refractivity contribution < 1.29 is 9.47 Å². The predicted octanol–water partition coefficient (Wildman–Crippen LogP) is 4.85. The van der Waals surface area contributed by atoms with Crippen molar-refractivity contribution in [1.29, 1.82) is 0 Å². The molecule has 0 aliphatic carbocycles. The second kappa shape index (κ2) is 10.3. The summed E-state index contributed by atoms with van der Waals surface area (Å²) in [7, 11) is 1.67. The van der Waals surface area contributed by atoms with E-state index in [1.807, 2.05) is 6.92 Å². The Hall–Kier alpha value is -2.30. The van der Waals surface area contributed by atoms with Gasteiger partial charge in [-0.05, 0) is 49.3 Å². The zero-order valence-corrected chi connectivity index (χ0v) is 18.2. The van der Waals surface area contributed by atoms with Gasteiger partial charge in [0.05, 0.1) is 18.8 Å². The monoisotopic (exact) mass is 386 g/mol. The standard InChI is InChI=1S/C23H34N2O3/c1-7-11-13-27-21-20(23(26)25(6)24-22(21)28-12-8-2)19-17(9-3)14-16(5)15-18(19)10-4/h14-15H,7-13H2,1-6H3. The topological polar surface area (TPSA) is 53.4 Å². The molecule has 0 saturated carbocycles. The van der Waals surface area contributed by atoms with Gasteiger partial charge < -0.3 is 9.47 Å². The van der Waals surface area contributed by atoms with Crippen LogP contribution in [-0.2, 0) is 19.9 Å². The van der Waals surface area contributed by atoms with Crippen LogP contribution in [0.15, 0.2) is 16.9 Å². The van der Waals surface area contributed by atoms with Gasteiger partial charge in [0.1, 0.15) is 0 Å². The Bertz CT molecular complexity index is 831. The van der Waals surface area contributed by atoms with E-state index < -0.39 is 0 Å². The molecule has 0 radical (unpaired) electrons. The second-order valence-corrected chi connectivity index (χ2v) is 7.15. The molecule has 0 amide bonds. The van der Waals surface area contributed by atoms with Crippen LogP contribution in [0, 0.1) is 6.92 Å². The number of aryl methyl sites for hydroxylation is 4. The fourth-order valence-corrected chi connectivity index (χ4v) is 3.38. The summed E-state index contributed by atoms with van der Waals surface area (Å²) in [5, 5.41) is 4.36. The van der Waals surface area contributed by atoms with Crippen LogP contribution < -0.4 is 15.0 Å². The van der Waals surface area contributed by atoms with Crippen molar-refractivity contribution in [2.24, 2.45) is 7.05 Å². The maximum Gasteiger partial charge on any atom is 0.278 e. The van der Waals surface area contributed by atoms with Gasteiger partial charge in [-0.3, -0.25) is 4.79 Å². The van der Waals surface area contributed by atoms with Gasteiger partial charge in [0, 0.05) is 7.05 Å². The average Bonchev–Trinajstić information content (AvgIpc) is 2.69. The highest BCUT2D eigenvalue weighted by Gasteiger charge is 2.24. The molecular formula is C23H34N2O3. The summed E-state index contributed by atoms with van der Waals surface area (Å²) in [6.45, 7) is 11.6. The van der Waals surface area contributed by atoms with Crippen molar-refractivity contribution in [3.8, 4) is 22.8 Å². The molecule has 0 aliphatic heterocycles. The van der Waals surface area contributed by atoms with Crippen molar-refractivity contribution in [2.75, 3.05) is 13.2 Å². The number of nitrogens with zero attached hydrogens (tertiary/aromatic N) is 2. The first kappa shape index (κ1) is 22.0. The molecule has 2 rings (SSSR count). The molecule has 5 nitrogen and oxygen atoms in total. The molecule has 28 heavy (non-hydrogen) atoms. The molecule has 0 fully saturated rings. The fraction of sp³-hybridized carbons (Fsp3) is 0.565. The lowest BCUT2D eigenvalue weighted by Gasteiger charge is -2.20. The zero-order valence-electron chi connectivity index (χ0n) is 18.2. The van der Waals surface area contributed by atoms with Crippen LogP contribution in [0.2, 0.25) is 0 Å². The SMILES string of the molecule is CCCCOc1c(OCCC)nn(C)c(=O)c1-c1c(CC)cc(C)cc1CC. The summed E-state index contributed by atoms with van der Waals surface area (Å²) < 4.78 is 13.4. The van der Waals surface area contributed by atoms with E-state index in [4.69, 9.17) is 9.47 Å². The maximum atomic E-state index is 13.2. The van der Waals surface area contributed by atoms with Gasteiger partial charge in [-0.1, -0.05) is 51.8 Å². The summed E-state index contributed by atoms with van der Waals surface area (Å²) in [6, 6.07) is 4.33. The fourth-order valence-electron chi connectivity index (χ4n) is 3.38. The molecule has 0 aliphatic rings. The molecule has 0 spiro atoms. The van der Waals surface area contributed by atoms with Gasteiger partial charge in [0.2, 0.25) is 0 Å². The smallest absolute Gasteiger partial charge is 0.278 e. The highest BCUT2D eigenvalue weighted by atomic mass is 16.5. The Balaban J connectivity index is 2.81. The second-order valence-electron chi connectivity index (χ2n) is 7.15. The Kier molecular flexibility index (Phi) is 8.09. The van der Waals surface area contributed by atoms with Crippen molar-refractivity contribution in [3.63, 3.8) is 0 Å². The summed E-state index contributed by atoms with van der Waals surface area (Å²) in [5.74, 6) is 0.887. The van der Waals surface area contributed by atoms with E-state index in [0.29, 0.717) is 30.4 Å². The van der Waals surface area contributed by atoms with E-state index in [1.54, 1.807) is 7.05 Å². The molecule has 0 atom stereocenters. The third-order valence-electron chi connectivity index (χ3n) is 4.81. The maximum absolute atomic E-state index is 13.2. The molecule has 0 bridgehead atoms. The van der Waals surface area contributed by atoms with Gasteiger partial charge in [0.15, 0.2) is 5.75 Å². The molecule has 0 unspecified atom stereocenters. The van der Waals surface area contributed by atoms with Gasteiger partial charge >= 0.3 is 0 Å². The van der Waals surface area contributed by atoms with Crippen molar-refractivity contribution in [2.45, 2.75) is 66.7 Å². The summed E-state index contributed by atoms with van der Waals surface area (Å²) in [4.78, 5) is 13.2. The highest BCUT2D eigenvalue weighted by molar-refractivity contribution is 5.78. The molecule has 5 heteroatoms. The quantitative estimate of drug-likeness (QED) is 0.548. The Labute approximate surface area is 168 Å². The van der Waals surface area contributed by atoms with E-state index in [9.17, 15) is 4.79 Å². The molecule has 1 heterocycles. The Morgan fingerprint density at radius 3 is 2.11 bits per heavy atom. The number of rotatable bonds is 10. The number of unbranched alkanes of at least 4 members (excludes halogenated alkanes) is 1. The molecule has 0 saturated heterocycles. The van der Waals surface area contributed by atoms with Crippen LogP contribution in [0.4, 0.5) is 0 Å². The van der Waals surface area contributed by atoms with Crippen LogP contribution in [0.25, 0.3) is 11.1 Å². The first-order chi connectivity index (χ1) is 13.5. The number of hydrogen-bond donors (Lipinski definition) is 0. The van der Waals surface area contributed by atoms with Gasteiger partial charge in [-0.25, -0.2) is 4.68 Å². The van der Waals surface area contributed by atoms with E-state index in [0.717, 1.165) is 48.8 Å². The number of hydrogen-bond acceptors (Lipinski definition) is 4. The largest absolute Gasteiger partial charge is 0.487 e. The lowest BCUT2D eigenvalue weighted by molar-refractivity contribution is 0.250. The first-order valence-corrected chi connectivity index (χ1v) is 10.5. The van der Waals surface area contributed by atoms with Gasteiger partial charge in [-0.15, -0.1) is 5.10 Å². The van der Waals surface area contributed by atoms with Crippen molar-refractivity contribution >= 4 is 0 Å². The number of ether oxygens (including phenoxy) is 2. The molecule has 2 aromatic rings. The lowest BCUT2D eigenvalue weighted by Crippen LogP contribution is -2.24. The van der Waals surface area contributed by atoms with E-state index in [1.165, 1.54) is 10.2 Å². The third kappa shape index (κ3) is 4.75. The summed E-state index contributed by atoms with van der Waals surface area (Å²) >= 11 is 0. The molecule has 1 aromatic carbocycles. The Morgan fingerprint density at radius 1 is 0.929 bits per heavy atom. The minimum atomic E-state index is -0.149. The van der Waals surface area contributed by atoms with E-state index >= 15 is 0 Å². The van der Waals surface area contributed by atoms with Crippen molar-refractivity contribution in [3.05, 3.63) is 39.2 Å².